The maximum atomic E-state index is 12.6. The maximum absolute atomic E-state index is 12.6. The molecule has 0 spiro atoms. The average molecular weight is 271 g/mol. The van der Waals surface area contributed by atoms with Crippen LogP contribution in [0.4, 0.5) is 0 Å². The quantitative estimate of drug-likeness (QED) is 0.891. The number of H-pyrrole nitrogens is 1. The Hall–Kier alpha value is -0.880. The molecule has 0 aliphatic carbocycles. The smallest absolute Gasteiger partial charge is 0.246 e. The number of hydrogen-bond donors (Lipinski definition) is 1. The molecule has 1 aromatic rings. The van der Waals surface area contributed by atoms with E-state index >= 15 is 0 Å². The molecule has 0 bridgehead atoms. The summed E-state index contributed by atoms with van der Waals surface area (Å²) in [4.78, 5) is 0.302. The Morgan fingerprint density at radius 2 is 2.06 bits per heavy atom. The van der Waals surface area contributed by atoms with E-state index in [-0.39, 0.29) is 6.04 Å². The maximum Gasteiger partial charge on any atom is 0.246 e. The first-order chi connectivity index (χ1) is 8.34. The molecule has 0 amide bonds. The van der Waals surface area contributed by atoms with Gasteiger partial charge in [0.2, 0.25) is 10.0 Å². The summed E-state index contributed by atoms with van der Waals surface area (Å²) in [5.74, 6) is 0.786. The monoisotopic (exact) mass is 271 g/mol. The van der Waals surface area contributed by atoms with Crippen LogP contribution in [0.2, 0.25) is 0 Å². The number of rotatable bonds is 2. The van der Waals surface area contributed by atoms with Crippen molar-refractivity contribution in [3.05, 3.63) is 11.9 Å². The zero-order chi connectivity index (χ0) is 13.5. The van der Waals surface area contributed by atoms with Crippen molar-refractivity contribution >= 4 is 10.0 Å². The van der Waals surface area contributed by atoms with Gasteiger partial charge in [-0.3, -0.25) is 5.10 Å². The van der Waals surface area contributed by atoms with E-state index in [0.29, 0.717) is 29.0 Å². The van der Waals surface area contributed by atoms with Crippen molar-refractivity contribution in [2.45, 2.75) is 45.1 Å². The van der Waals surface area contributed by atoms with Gasteiger partial charge in [0.25, 0.3) is 0 Å². The summed E-state index contributed by atoms with van der Waals surface area (Å²) in [6, 6.07) is 0.0421. The van der Waals surface area contributed by atoms with Crippen LogP contribution in [0.15, 0.2) is 11.1 Å². The first-order valence-electron chi connectivity index (χ1n) is 6.36. The fraction of sp³-hybridized carbons (Fsp3) is 0.750. The summed E-state index contributed by atoms with van der Waals surface area (Å²) in [7, 11) is -3.42. The molecule has 1 aromatic heterocycles. The van der Waals surface area contributed by atoms with Crippen molar-refractivity contribution in [1.82, 2.24) is 14.5 Å². The molecule has 2 rings (SSSR count). The van der Waals surface area contributed by atoms with Crippen LogP contribution in [0.1, 0.15) is 32.9 Å². The lowest BCUT2D eigenvalue weighted by atomic mass is 9.88. The second-order valence-corrected chi connectivity index (χ2v) is 7.35. The van der Waals surface area contributed by atoms with Gasteiger partial charge in [0.15, 0.2) is 0 Å². The van der Waals surface area contributed by atoms with Crippen LogP contribution in [0.5, 0.6) is 0 Å². The molecule has 18 heavy (non-hydrogen) atoms. The van der Waals surface area contributed by atoms with E-state index in [1.807, 2.05) is 6.92 Å². The molecular formula is C12H21N3O2S. The van der Waals surface area contributed by atoms with Crippen molar-refractivity contribution in [2.75, 3.05) is 6.54 Å². The highest BCUT2D eigenvalue weighted by Gasteiger charge is 2.38. The summed E-state index contributed by atoms with van der Waals surface area (Å²) in [5, 5.41) is 6.51. The highest BCUT2D eigenvalue weighted by molar-refractivity contribution is 7.89. The van der Waals surface area contributed by atoms with Crippen LogP contribution in [0.3, 0.4) is 0 Å². The number of nitrogens with one attached hydrogen (secondary N) is 1. The predicted octanol–water partition coefficient (Wildman–Crippen LogP) is 1.77. The summed E-state index contributed by atoms with van der Waals surface area (Å²) < 4.78 is 26.9. The lowest BCUT2D eigenvalue weighted by Crippen LogP contribution is -2.48. The van der Waals surface area contributed by atoms with Gasteiger partial charge in [-0.15, -0.1) is 0 Å². The Morgan fingerprint density at radius 3 is 2.61 bits per heavy atom. The number of hydrogen-bond acceptors (Lipinski definition) is 3. The normalized spacial score (nSPS) is 30.6. The Morgan fingerprint density at radius 1 is 1.39 bits per heavy atom. The van der Waals surface area contributed by atoms with Crippen LogP contribution in [-0.4, -0.2) is 35.5 Å². The number of aromatic nitrogens is 2. The van der Waals surface area contributed by atoms with E-state index in [4.69, 9.17) is 0 Å². The Kier molecular flexibility index (Phi) is 3.51. The SMILES string of the molecule is Cc1[nH]ncc1S(=O)(=O)N1CC(C)CC(C)C1C. The van der Waals surface area contributed by atoms with Gasteiger partial charge < -0.3 is 0 Å². The second kappa shape index (κ2) is 4.66. The molecule has 3 atom stereocenters. The molecule has 1 saturated heterocycles. The summed E-state index contributed by atoms with van der Waals surface area (Å²) in [5.41, 5.74) is 0.605. The van der Waals surface area contributed by atoms with Gasteiger partial charge in [0.05, 0.1) is 11.9 Å². The third-order valence-corrected chi connectivity index (χ3v) is 5.98. The molecule has 1 aliphatic heterocycles. The van der Waals surface area contributed by atoms with Crippen molar-refractivity contribution < 1.29 is 8.42 Å². The van der Waals surface area contributed by atoms with E-state index in [9.17, 15) is 8.42 Å². The lowest BCUT2D eigenvalue weighted by Gasteiger charge is -2.39. The summed E-state index contributed by atoms with van der Waals surface area (Å²) in [6.45, 7) is 8.54. The molecule has 102 valence electrons. The number of aromatic amines is 1. The van der Waals surface area contributed by atoms with E-state index in [1.165, 1.54) is 6.20 Å². The molecule has 1 fully saturated rings. The molecule has 1 N–H and O–H groups in total. The van der Waals surface area contributed by atoms with Gasteiger partial charge >= 0.3 is 0 Å². The van der Waals surface area contributed by atoms with Crippen LogP contribution in [0.25, 0.3) is 0 Å². The number of aryl methyl sites for hydroxylation is 1. The molecule has 3 unspecified atom stereocenters. The molecule has 5 nitrogen and oxygen atoms in total. The van der Waals surface area contributed by atoms with Gasteiger partial charge in [0, 0.05) is 12.6 Å². The van der Waals surface area contributed by atoms with Gasteiger partial charge in [-0.05, 0) is 32.1 Å². The fourth-order valence-electron chi connectivity index (χ4n) is 2.71. The Bertz CT molecular complexity index is 523. The van der Waals surface area contributed by atoms with Crippen LogP contribution >= 0.6 is 0 Å². The average Bonchev–Trinajstić information content (AvgIpc) is 2.70. The minimum Gasteiger partial charge on any atom is -0.281 e. The first kappa shape index (κ1) is 13.5. The molecule has 6 heteroatoms. The van der Waals surface area contributed by atoms with Crippen LogP contribution < -0.4 is 0 Å². The highest BCUT2D eigenvalue weighted by atomic mass is 32.2. The van der Waals surface area contributed by atoms with Gasteiger partial charge in [-0.25, -0.2) is 8.42 Å². The highest BCUT2D eigenvalue weighted by Crippen LogP contribution is 2.31. The Labute approximate surface area is 109 Å². The molecular weight excluding hydrogens is 250 g/mol. The van der Waals surface area contributed by atoms with Crippen molar-refractivity contribution in [3.63, 3.8) is 0 Å². The van der Waals surface area contributed by atoms with Gasteiger partial charge in [-0.1, -0.05) is 13.8 Å². The fourth-order valence-corrected chi connectivity index (χ4v) is 4.67. The molecule has 0 aromatic carbocycles. The largest absolute Gasteiger partial charge is 0.281 e. The lowest BCUT2D eigenvalue weighted by molar-refractivity contribution is 0.157. The van der Waals surface area contributed by atoms with E-state index < -0.39 is 10.0 Å². The topological polar surface area (TPSA) is 66.1 Å². The first-order valence-corrected chi connectivity index (χ1v) is 7.80. The zero-order valence-electron chi connectivity index (χ0n) is 11.3. The van der Waals surface area contributed by atoms with Crippen molar-refractivity contribution in [3.8, 4) is 0 Å². The summed E-state index contributed by atoms with van der Waals surface area (Å²) >= 11 is 0. The minimum atomic E-state index is -3.42. The van der Waals surface area contributed by atoms with E-state index in [1.54, 1.807) is 11.2 Å². The van der Waals surface area contributed by atoms with E-state index in [2.05, 4.69) is 24.0 Å². The standard InChI is InChI=1S/C12H21N3O2S/c1-8-5-9(2)11(4)15(7-8)18(16,17)12-6-13-14-10(12)3/h6,8-9,11H,5,7H2,1-4H3,(H,13,14). The second-order valence-electron chi connectivity index (χ2n) is 5.49. The van der Waals surface area contributed by atoms with E-state index in [0.717, 1.165) is 6.42 Å². The number of nitrogens with zero attached hydrogens (tertiary/aromatic N) is 2. The zero-order valence-corrected chi connectivity index (χ0v) is 12.2. The third kappa shape index (κ3) is 2.19. The number of piperidine rings is 1. The van der Waals surface area contributed by atoms with Crippen molar-refractivity contribution in [2.24, 2.45) is 11.8 Å². The predicted molar refractivity (Wildman–Crippen MR) is 69.6 cm³/mol. The molecule has 0 radical (unpaired) electrons. The number of sulfonamides is 1. The summed E-state index contributed by atoms with van der Waals surface area (Å²) in [6.07, 6.45) is 2.49. The molecule has 2 heterocycles. The van der Waals surface area contributed by atoms with Gasteiger partial charge in [0.1, 0.15) is 4.90 Å². The third-order valence-electron chi connectivity index (χ3n) is 3.91. The molecule has 0 saturated carbocycles. The van der Waals surface area contributed by atoms with Crippen LogP contribution in [0, 0.1) is 18.8 Å². The van der Waals surface area contributed by atoms with Crippen LogP contribution in [-0.2, 0) is 10.0 Å². The van der Waals surface area contributed by atoms with Crippen molar-refractivity contribution in [1.29, 1.82) is 0 Å². The Balaban J connectivity index is 2.38. The van der Waals surface area contributed by atoms with Gasteiger partial charge in [-0.2, -0.15) is 9.40 Å². The molecule has 1 aliphatic rings. The minimum absolute atomic E-state index is 0.0421.